The molecule has 1 aromatic heterocycles. The molecule has 0 spiro atoms. The Labute approximate surface area is 87.7 Å². The van der Waals surface area contributed by atoms with Crippen molar-refractivity contribution in [2.45, 2.75) is 13.8 Å². The number of carbonyl (C=O) groups is 2. The van der Waals surface area contributed by atoms with E-state index in [4.69, 9.17) is 0 Å². The molecule has 76 valence electrons. The van der Waals surface area contributed by atoms with Gasteiger partial charge in [-0.25, -0.2) is 4.98 Å². The van der Waals surface area contributed by atoms with Crippen molar-refractivity contribution in [3.63, 3.8) is 0 Å². The Hall–Kier alpha value is -2.15. The Kier molecular flexibility index (Phi) is 3.58. The van der Waals surface area contributed by atoms with E-state index in [1.54, 1.807) is 19.1 Å². The van der Waals surface area contributed by atoms with Crippen LogP contribution in [0.25, 0.3) is 0 Å². The van der Waals surface area contributed by atoms with Crippen molar-refractivity contribution in [2.24, 2.45) is 0 Å². The quantitative estimate of drug-likeness (QED) is 0.543. The lowest BCUT2D eigenvalue weighted by atomic mass is 10.2. The first-order valence-corrected chi connectivity index (χ1v) is 4.34. The first-order chi connectivity index (χ1) is 7.13. The summed E-state index contributed by atoms with van der Waals surface area (Å²) in [7, 11) is 0. The maximum Gasteiger partial charge on any atom is 0.222 e. The molecule has 1 aromatic rings. The number of aldehydes is 1. The highest BCUT2D eigenvalue weighted by Gasteiger charge is 2.00. The molecule has 0 unspecified atom stereocenters. The molecule has 4 heteroatoms. The number of nitrogens with one attached hydrogen (secondary N) is 1. The molecule has 1 N–H and O–H groups in total. The number of nitrogens with zero attached hydrogens (tertiary/aromatic N) is 1. The van der Waals surface area contributed by atoms with Crippen LogP contribution in [0.2, 0.25) is 0 Å². The second kappa shape index (κ2) is 4.91. The van der Waals surface area contributed by atoms with E-state index in [0.29, 0.717) is 23.4 Å². The molecule has 0 aliphatic heterocycles. The SMILES string of the molecule is CC(=O)Nc1ccc(C#CC=O)c(C)n1. The highest BCUT2D eigenvalue weighted by atomic mass is 16.1. The van der Waals surface area contributed by atoms with Gasteiger partial charge in [-0.1, -0.05) is 5.92 Å². The first kappa shape index (κ1) is 10.9. The summed E-state index contributed by atoms with van der Waals surface area (Å²) in [4.78, 5) is 24.9. The predicted molar refractivity (Wildman–Crippen MR) is 56.2 cm³/mol. The van der Waals surface area contributed by atoms with Gasteiger partial charge in [-0.3, -0.25) is 9.59 Å². The van der Waals surface area contributed by atoms with Gasteiger partial charge in [-0.05, 0) is 25.0 Å². The molecule has 0 bridgehead atoms. The average molecular weight is 202 g/mol. The molecule has 0 radical (unpaired) electrons. The van der Waals surface area contributed by atoms with Crippen molar-refractivity contribution in [1.82, 2.24) is 4.98 Å². The third-order valence-electron chi connectivity index (χ3n) is 1.66. The van der Waals surface area contributed by atoms with Gasteiger partial charge in [0.2, 0.25) is 5.91 Å². The van der Waals surface area contributed by atoms with Crippen LogP contribution < -0.4 is 5.32 Å². The summed E-state index contributed by atoms with van der Waals surface area (Å²) in [5.74, 6) is 5.27. The minimum Gasteiger partial charge on any atom is -0.311 e. The lowest BCUT2D eigenvalue weighted by Gasteiger charge is -2.03. The molecule has 4 nitrogen and oxygen atoms in total. The molecular formula is C11H10N2O2. The predicted octanol–water partition coefficient (Wildman–Crippen LogP) is 0.899. The van der Waals surface area contributed by atoms with Gasteiger partial charge in [0, 0.05) is 12.5 Å². The van der Waals surface area contributed by atoms with Gasteiger partial charge in [-0.2, -0.15) is 0 Å². The van der Waals surface area contributed by atoms with Gasteiger partial charge in [0.05, 0.1) is 5.69 Å². The zero-order valence-electron chi connectivity index (χ0n) is 8.50. The summed E-state index contributed by atoms with van der Waals surface area (Å²) < 4.78 is 0. The fraction of sp³-hybridized carbons (Fsp3) is 0.182. The van der Waals surface area contributed by atoms with Crippen molar-refractivity contribution >= 4 is 18.0 Å². The summed E-state index contributed by atoms with van der Waals surface area (Å²) in [5.41, 5.74) is 1.35. The topological polar surface area (TPSA) is 59.1 Å². The summed E-state index contributed by atoms with van der Waals surface area (Å²) in [6, 6.07) is 3.35. The van der Waals surface area contributed by atoms with Crippen molar-refractivity contribution in [1.29, 1.82) is 0 Å². The number of hydrogen-bond acceptors (Lipinski definition) is 3. The van der Waals surface area contributed by atoms with Crippen LogP contribution in [0.3, 0.4) is 0 Å². The van der Waals surface area contributed by atoms with E-state index in [1.807, 2.05) is 0 Å². The molecule has 0 aliphatic carbocycles. The van der Waals surface area contributed by atoms with E-state index in [2.05, 4.69) is 22.1 Å². The second-order valence-electron chi connectivity index (χ2n) is 2.90. The molecule has 1 heterocycles. The number of aryl methyl sites for hydroxylation is 1. The Balaban J connectivity index is 2.97. The van der Waals surface area contributed by atoms with Gasteiger partial charge >= 0.3 is 0 Å². The fourth-order valence-corrected chi connectivity index (χ4v) is 1.05. The van der Waals surface area contributed by atoms with Crippen LogP contribution in [-0.2, 0) is 9.59 Å². The lowest BCUT2D eigenvalue weighted by molar-refractivity contribution is -0.114. The van der Waals surface area contributed by atoms with Crippen LogP contribution in [0.5, 0.6) is 0 Å². The Morgan fingerprint density at radius 3 is 2.80 bits per heavy atom. The molecule has 0 fully saturated rings. The van der Waals surface area contributed by atoms with Gasteiger partial charge in [0.25, 0.3) is 0 Å². The molecule has 0 saturated heterocycles. The lowest BCUT2D eigenvalue weighted by Crippen LogP contribution is -2.08. The molecule has 15 heavy (non-hydrogen) atoms. The Morgan fingerprint density at radius 1 is 1.53 bits per heavy atom. The van der Waals surface area contributed by atoms with Gasteiger partial charge in [-0.15, -0.1) is 0 Å². The smallest absolute Gasteiger partial charge is 0.222 e. The number of anilines is 1. The largest absolute Gasteiger partial charge is 0.311 e. The Morgan fingerprint density at radius 2 is 2.27 bits per heavy atom. The fourth-order valence-electron chi connectivity index (χ4n) is 1.05. The van der Waals surface area contributed by atoms with Gasteiger partial charge in [0.1, 0.15) is 5.82 Å². The van der Waals surface area contributed by atoms with Crippen molar-refractivity contribution < 1.29 is 9.59 Å². The molecule has 1 amide bonds. The van der Waals surface area contributed by atoms with E-state index in [0.717, 1.165) is 0 Å². The summed E-state index contributed by atoms with van der Waals surface area (Å²) in [6.45, 7) is 3.18. The van der Waals surface area contributed by atoms with Crippen LogP contribution >= 0.6 is 0 Å². The molecule has 0 aromatic carbocycles. The van der Waals surface area contributed by atoms with Crippen LogP contribution in [0.15, 0.2) is 12.1 Å². The van der Waals surface area contributed by atoms with E-state index in [9.17, 15) is 9.59 Å². The molecule has 0 aliphatic rings. The van der Waals surface area contributed by atoms with Gasteiger partial charge in [0.15, 0.2) is 6.29 Å². The van der Waals surface area contributed by atoms with Crippen molar-refractivity contribution in [3.8, 4) is 11.8 Å². The first-order valence-electron chi connectivity index (χ1n) is 4.34. The van der Waals surface area contributed by atoms with Crippen LogP contribution in [0, 0.1) is 18.8 Å². The normalized spacial score (nSPS) is 8.67. The average Bonchev–Trinajstić information content (AvgIpc) is 2.15. The van der Waals surface area contributed by atoms with E-state index in [-0.39, 0.29) is 5.91 Å². The van der Waals surface area contributed by atoms with E-state index < -0.39 is 0 Å². The maximum atomic E-state index is 10.8. The Bertz CT molecular complexity index is 455. The maximum absolute atomic E-state index is 10.8. The summed E-state index contributed by atoms with van der Waals surface area (Å²) in [5, 5.41) is 2.56. The standard InChI is InChI=1S/C11H10N2O2/c1-8-10(4-3-7-14)5-6-11(12-8)13-9(2)15/h5-7H,1-2H3,(H,12,13,15). The number of hydrogen-bond donors (Lipinski definition) is 1. The third kappa shape index (κ3) is 3.24. The number of rotatable bonds is 1. The third-order valence-corrected chi connectivity index (χ3v) is 1.66. The number of carbonyl (C=O) groups excluding carboxylic acids is 2. The van der Waals surface area contributed by atoms with Crippen molar-refractivity contribution in [2.75, 3.05) is 5.32 Å². The highest BCUT2D eigenvalue weighted by molar-refractivity contribution is 5.87. The van der Waals surface area contributed by atoms with Gasteiger partial charge < -0.3 is 5.32 Å². The minimum atomic E-state index is -0.173. The molecule has 1 rings (SSSR count). The number of aromatic nitrogens is 1. The number of pyridine rings is 1. The zero-order chi connectivity index (χ0) is 11.3. The monoisotopic (exact) mass is 202 g/mol. The summed E-state index contributed by atoms with van der Waals surface area (Å²) in [6.07, 6.45) is 0.529. The summed E-state index contributed by atoms with van der Waals surface area (Å²) >= 11 is 0. The zero-order valence-corrected chi connectivity index (χ0v) is 8.50. The molecule has 0 atom stereocenters. The van der Waals surface area contributed by atoms with E-state index in [1.165, 1.54) is 6.92 Å². The van der Waals surface area contributed by atoms with Crippen LogP contribution in [0.4, 0.5) is 5.82 Å². The molecule has 0 saturated carbocycles. The number of amides is 1. The van der Waals surface area contributed by atoms with Crippen molar-refractivity contribution in [3.05, 3.63) is 23.4 Å². The van der Waals surface area contributed by atoms with Crippen LogP contribution in [0.1, 0.15) is 18.2 Å². The minimum absolute atomic E-state index is 0.173. The van der Waals surface area contributed by atoms with E-state index >= 15 is 0 Å². The van der Waals surface area contributed by atoms with Crippen LogP contribution in [-0.4, -0.2) is 17.2 Å². The second-order valence-corrected chi connectivity index (χ2v) is 2.90. The highest BCUT2D eigenvalue weighted by Crippen LogP contribution is 2.09. The molecular weight excluding hydrogens is 192 g/mol.